The zero-order valence-corrected chi connectivity index (χ0v) is 13.7. The van der Waals surface area contributed by atoms with Gasteiger partial charge < -0.3 is 12.2 Å². The molecule has 0 aromatic carbocycles. The van der Waals surface area contributed by atoms with Crippen LogP contribution >= 0.6 is 6.84 Å². The molecule has 0 aromatic heterocycles. The molecule has 3 atom stereocenters. The van der Waals surface area contributed by atoms with Gasteiger partial charge in [0.15, 0.2) is 0 Å². The minimum Gasteiger partial charge on any atom is -0.505 e. The molecule has 102 valence electrons. The molecule has 0 radical (unpaired) electrons. The number of hydrogen-bond donors (Lipinski definition) is 0. The van der Waals surface area contributed by atoms with Crippen molar-refractivity contribution in [1.29, 1.82) is 0 Å². The maximum atomic E-state index is 6.26. The van der Waals surface area contributed by atoms with Crippen LogP contribution in [-0.2, 0) is 16.8 Å². The van der Waals surface area contributed by atoms with E-state index in [0.717, 1.165) is 13.0 Å². The first-order valence-corrected chi connectivity index (χ1v) is 9.71. The topological polar surface area (TPSA) is 12.5 Å². The molecule has 1 aliphatic heterocycles. The molecule has 17 heavy (non-hydrogen) atoms. The van der Waals surface area contributed by atoms with Gasteiger partial charge in [-0.3, -0.25) is 0 Å². The van der Waals surface area contributed by atoms with Crippen molar-refractivity contribution < 1.29 is 4.52 Å². The molecule has 1 unspecified atom stereocenters. The van der Waals surface area contributed by atoms with Crippen LogP contribution in [0.4, 0.5) is 0 Å². The molecule has 1 rings (SSSR count). The van der Waals surface area contributed by atoms with E-state index in [9.17, 15) is 0 Å². The summed E-state index contributed by atoms with van der Waals surface area (Å²) < 4.78 is 8.73. The van der Waals surface area contributed by atoms with Crippen molar-refractivity contribution in [2.45, 2.75) is 78.1 Å². The molecular weight excluding hydrogens is 249 g/mol. The van der Waals surface area contributed by atoms with Crippen molar-refractivity contribution in [2.24, 2.45) is 0 Å². The number of hydrogen-bond acceptors (Lipinski definition) is 3. The van der Waals surface area contributed by atoms with Crippen LogP contribution in [0.25, 0.3) is 0 Å². The van der Waals surface area contributed by atoms with Crippen LogP contribution in [0.15, 0.2) is 0 Å². The Labute approximate surface area is 113 Å². The zero-order valence-electron chi connectivity index (χ0n) is 12.0. The van der Waals surface area contributed by atoms with E-state index >= 15 is 0 Å². The molecular formula is C13H28NOPS. The van der Waals surface area contributed by atoms with Crippen LogP contribution in [0.2, 0.25) is 0 Å². The second kappa shape index (κ2) is 6.75. The lowest BCUT2D eigenvalue weighted by Crippen LogP contribution is -2.42. The highest BCUT2D eigenvalue weighted by atomic mass is 32.7. The SMILES string of the molecule is CCCC[C@H](C)[P+]1([S-])O[C@@H](C)CCN1C(C)C. The minimum absolute atomic E-state index is 0.347. The Morgan fingerprint density at radius 1 is 1.41 bits per heavy atom. The molecule has 1 saturated heterocycles. The molecule has 0 N–H and O–H groups in total. The number of unbranched alkanes of at least 4 members (excludes halogenated alkanes) is 1. The summed E-state index contributed by atoms with van der Waals surface area (Å²) in [5.41, 5.74) is 0.530. The minimum atomic E-state index is -1.79. The lowest BCUT2D eigenvalue weighted by Gasteiger charge is -2.50. The Morgan fingerprint density at radius 2 is 2.06 bits per heavy atom. The third-order valence-corrected chi connectivity index (χ3v) is 8.96. The smallest absolute Gasteiger partial charge is 0.0997 e. The monoisotopic (exact) mass is 277 g/mol. The molecule has 0 spiro atoms. The van der Waals surface area contributed by atoms with Gasteiger partial charge in [0.1, 0.15) is 0 Å². The molecule has 0 aliphatic carbocycles. The molecule has 0 saturated carbocycles. The van der Waals surface area contributed by atoms with Gasteiger partial charge in [0, 0.05) is 12.6 Å². The van der Waals surface area contributed by atoms with Gasteiger partial charge in [0.25, 0.3) is 0 Å². The van der Waals surface area contributed by atoms with Crippen molar-refractivity contribution in [1.82, 2.24) is 4.67 Å². The Kier molecular flexibility index (Phi) is 6.25. The second-order valence-electron chi connectivity index (χ2n) is 5.52. The zero-order chi connectivity index (χ0) is 13.1. The molecule has 1 fully saturated rings. The summed E-state index contributed by atoms with van der Waals surface area (Å²) in [5.74, 6) is 0. The summed E-state index contributed by atoms with van der Waals surface area (Å²) in [7, 11) is 0. The maximum Gasteiger partial charge on any atom is 0.0997 e. The molecule has 4 heteroatoms. The maximum absolute atomic E-state index is 6.26. The van der Waals surface area contributed by atoms with Gasteiger partial charge >= 0.3 is 0 Å². The summed E-state index contributed by atoms with van der Waals surface area (Å²) in [6, 6.07) is 0.511. The normalized spacial score (nSPS) is 33.0. The van der Waals surface area contributed by atoms with Gasteiger partial charge in [-0.1, -0.05) is 13.3 Å². The third kappa shape index (κ3) is 3.83. The highest BCUT2D eigenvalue weighted by molar-refractivity contribution is 8.39. The van der Waals surface area contributed by atoms with Crippen LogP contribution in [0.5, 0.6) is 0 Å². The van der Waals surface area contributed by atoms with Crippen molar-refractivity contribution >= 4 is 19.1 Å². The van der Waals surface area contributed by atoms with Crippen LogP contribution in [0.3, 0.4) is 0 Å². The van der Waals surface area contributed by atoms with Gasteiger partial charge in [-0.2, -0.15) is 4.67 Å². The van der Waals surface area contributed by atoms with Crippen molar-refractivity contribution in [3.05, 3.63) is 0 Å². The van der Waals surface area contributed by atoms with Crippen molar-refractivity contribution in [3.63, 3.8) is 0 Å². The van der Waals surface area contributed by atoms with Crippen LogP contribution in [0.1, 0.15) is 60.3 Å². The van der Waals surface area contributed by atoms with E-state index in [1.54, 1.807) is 0 Å². The molecule has 0 aromatic rings. The average Bonchev–Trinajstić information content (AvgIpc) is 2.25. The van der Waals surface area contributed by atoms with E-state index in [2.05, 4.69) is 39.3 Å². The summed E-state index contributed by atoms with van der Waals surface area (Å²) in [6.45, 7) is 10.5. The van der Waals surface area contributed by atoms with E-state index < -0.39 is 6.84 Å². The Balaban J connectivity index is 2.77. The second-order valence-corrected chi connectivity index (χ2v) is 9.82. The van der Waals surface area contributed by atoms with Gasteiger partial charge in [-0.15, -0.1) is 0 Å². The fraction of sp³-hybridized carbons (Fsp3) is 1.00. The first-order chi connectivity index (χ1) is 7.91. The summed E-state index contributed by atoms with van der Waals surface area (Å²) in [6.07, 6.45) is 5.20. The highest BCUT2D eigenvalue weighted by Crippen LogP contribution is 2.69. The van der Waals surface area contributed by atoms with Crippen molar-refractivity contribution in [3.8, 4) is 0 Å². The Hall–Kier alpha value is 0.700. The molecule has 1 aliphatic rings. The summed E-state index contributed by atoms with van der Waals surface area (Å²) in [4.78, 5) is 0. The number of rotatable bonds is 5. The van der Waals surface area contributed by atoms with Gasteiger partial charge in [0.05, 0.1) is 18.6 Å². The van der Waals surface area contributed by atoms with Crippen molar-refractivity contribution in [2.75, 3.05) is 6.54 Å². The Bertz CT molecular complexity index is 239. The molecule has 2 nitrogen and oxygen atoms in total. The molecule has 0 bridgehead atoms. The van der Waals surface area contributed by atoms with E-state index in [4.69, 9.17) is 16.8 Å². The fourth-order valence-electron chi connectivity index (χ4n) is 2.42. The lowest BCUT2D eigenvalue weighted by atomic mass is 10.2. The third-order valence-electron chi connectivity index (χ3n) is 3.58. The average molecular weight is 277 g/mol. The fourth-order valence-corrected chi connectivity index (χ4v) is 7.00. The van der Waals surface area contributed by atoms with E-state index in [1.807, 2.05) is 0 Å². The first-order valence-electron chi connectivity index (χ1n) is 6.97. The quantitative estimate of drug-likeness (QED) is 0.546. The molecule has 0 amide bonds. The van der Waals surface area contributed by atoms with Gasteiger partial charge in [0.2, 0.25) is 0 Å². The van der Waals surface area contributed by atoms with Gasteiger partial charge in [-0.25, -0.2) is 4.52 Å². The predicted octanol–water partition coefficient (Wildman–Crippen LogP) is 4.39. The van der Waals surface area contributed by atoms with Crippen LogP contribution < -0.4 is 0 Å². The van der Waals surface area contributed by atoms with Crippen LogP contribution in [-0.4, -0.2) is 29.0 Å². The summed E-state index contributed by atoms with van der Waals surface area (Å²) >= 11 is 5.98. The first kappa shape index (κ1) is 15.8. The standard InChI is InChI=1S/C13H28NOPS/c1-6-7-8-13(5)16(17)14(11(2)3)10-9-12(4)15-16/h11-13H,6-10H2,1-5H3/t12-,13-,16?/m0/s1. The van der Waals surface area contributed by atoms with Crippen LogP contribution in [0, 0.1) is 0 Å². The highest BCUT2D eigenvalue weighted by Gasteiger charge is 2.45. The lowest BCUT2D eigenvalue weighted by molar-refractivity contribution is 0.146. The number of nitrogens with zero attached hydrogens (tertiary/aromatic N) is 1. The summed E-state index contributed by atoms with van der Waals surface area (Å²) in [5, 5.41) is 0. The van der Waals surface area contributed by atoms with Gasteiger partial charge in [-0.05, 0) is 47.0 Å². The Morgan fingerprint density at radius 3 is 2.59 bits per heavy atom. The largest absolute Gasteiger partial charge is 0.505 e. The molecule has 1 heterocycles. The van der Waals surface area contributed by atoms with E-state index in [0.29, 0.717) is 17.8 Å². The van der Waals surface area contributed by atoms with E-state index in [-0.39, 0.29) is 0 Å². The predicted molar refractivity (Wildman–Crippen MR) is 80.3 cm³/mol. The van der Waals surface area contributed by atoms with E-state index in [1.165, 1.54) is 19.3 Å².